The highest BCUT2D eigenvalue weighted by Gasteiger charge is 2.24. The van der Waals surface area contributed by atoms with E-state index in [0.717, 1.165) is 5.56 Å². The van der Waals surface area contributed by atoms with E-state index >= 15 is 0 Å². The number of ether oxygens (including phenoxy) is 3. The molecule has 0 aliphatic heterocycles. The summed E-state index contributed by atoms with van der Waals surface area (Å²) in [6.07, 6.45) is 0.215. The first-order chi connectivity index (χ1) is 14.5. The van der Waals surface area contributed by atoms with Gasteiger partial charge in [-0.05, 0) is 36.8 Å². The van der Waals surface area contributed by atoms with E-state index in [1.165, 1.54) is 30.3 Å². The molecule has 30 heavy (non-hydrogen) atoms. The number of hydrogen-bond donors (Lipinski definition) is 1. The summed E-state index contributed by atoms with van der Waals surface area (Å²) >= 11 is 0. The SMILES string of the molecule is C=CCNC(=O)C(CC(=O)OCC)Oc1ccc(C(=O)OCc2ccccc2)cc1. The number of amides is 1. The summed E-state index contributed by atoms with van der Waals surface area (Å²) in [6, 6.07) is 15.5. The zero-order valence-corrected chi connectivity index (χ0v) is 16.8. The van der Waals surface area contributed by atoms with Crippen molar-refractivity contribution in [2.45, 2.75) is 26.1 Å². The smallest absolute Gasteiger partial charge is 0.338 e. The Labute approximate surface area is 175 Å². The quantitative estimate of drug-likeness (QED) is 0.451. The van der Waals surface area contributed by atoms with E-state index < -0.39 is 23.9 Å². The van der Waals surface area contributed by atoms with Gasteiger partial charge in [0, 0.05) is 6.54 Å². The third kappa shape index (κ3) is 7.43. The number of carbonyl (C=O) groups excluding carboxylic acids is 3. The Kier molecular flexibility index (Phi) is 9.12. The van der Waals surface area contributed by atoms with Gasteiger partial charge in [0.25, 0.3) is 5.91 Å². The Bertz CT molecular complexity index is 848. The number of nitrogens with one attached hydrogen (secondary N) is 1. The molecule has 1 atom stereocenters. The Morgan fingerprint density at radius 1 is 1.03 bits per heavy atom. The minimum Gasteiger partial charge on any atom is -0.480 e. The molecule has 0 fully saturated rings. The van der Waals surface area contributed by atoms with Crippen LogP contribution in [0.2, 0.25) is 0 Å². The zero-order chi connectivity index (χ0) is 21.8. The molecule has 0 aromatic heterocycles. The fourth-order valence-electron chi connectivity index (χ4n) is 2.49. The monoisotopic (exact) mass is 411 g/mol. The Morgan fingerprint density at radius 3 is 2.37 bits per heavy atom. The summed E-state index contributed by atoms with van der Waals surface area (Å²) in [5.74, 6) is -1.15. The maximum Gasteiger partial charge on any atom is 0.338 e. The van der Waals surface area contributed by atoms with Crippen LogP contribution in [0.25, 0.3) is 0 Å². The highest BCUT2D eigenvalue weighted by atomic mass is 16.5. The van der Waals surface area contributed by atoms with Gasteiger partial charge in [0.15, 0.2) is 6.10 Å². The van der Waals surface area contributed by atoms with Gasteiger partial charge in [-0.25, -0.2) is 4.79 Å². The van der Waals surface area contributed by atoms with Gasteiger partial charge >= 0.3 is 11.9 Å². The van der Waals surface area contributed by atoms with Crippen molar-refractivity contribution in [2.75, 3.05) is 13.2 Å². The van der Waals surface area contributed by atoms with Crippen LogP contribution in [0.4, 0.5) is 0 Å². The van der Waals surface area contributed by atoms with Gasteiger partial charge in [-0.1, -0.05) is 36.4 Å². The lowest BCUT2D eigenvalue weighted by Crippen LogP contribution is -2.40. The van der Waals surface area contributed by atoms with E-state index in [1.807, 2.05) is 30.3 Å². The number of benzene rings is 2. The molecule has 2 aromatic rings. The number of rotatable bonds is 11. The van der Waals surface area contributed by atoms with Gasteiger partial charge in [-0.3, -0.25) is 9.59 Å². The van der Waals surface area contributed by atoms with Crippen LogP contribution >= 0.6 is 0 Å². The van der Waals surface area contributed by atoms with Gasteiger partial charge in [0.1, 0.15) is 12.4 Å². The summed E-state index contributed by atoms with van der Waals surface area (Å²) in [5, 5.41) is 2.60. The predicted molar refractivity (Wildman–Crippen MR) is 111 cm³/mol. The van der Waals surface area contributed by atoms with Crippen molar-refractivity contribution in [3.8, 4) is 5.75 Å². The summed E-state index contributed by atoms with van der Waals surface area (Å²) in [5.41, 5.74) is 1.23. The maximum absolute atomic E-state index is 12.3. The van der Waals surface area contributed by atoms with Crippen LogP contribution in [0.1, 0.15) is 29.3 Å². The molecule has 7 nitrogen and oxygen atoms in total. The van der Waals surface area contributed by atoms with Crippen LogP contribution < -0.4 is 10.1 Å². The van der Waals surface area contributed by atoms with Crippen molar-refractivity contribution in [3.63, 3.8) is 0 Å². The van der Waals surface area contributed by atoms with Crippen LogP contribution in [0.15, 0.2) is 67.3 Å². The van der Waals surface area contributed by atoms with E-state index in [1.54, 1.807) is 6.92 Å². The molecule has 0 aliphatic rings. The fourth-order valence-corrected chi connectivity index (χ4v) is 2.49. The highest BCUT2D eigenvalue weighted by molar-refractivity contribution is 5.89. The van der Waals surface area contributed by atoms with Crippen LogP contribution in [-0.4, -0.2) is 37.1 Å². The van der Waals surface area contributed by atoms with E-state index in [-0.39, 0.29) is 26.2 Å². The Morgan fingerprint density at radius 2 is 1.73 bits per heavy atom. The van der Waals surface area contributed by atoms with E-state index in [4.69, 9.17) is 14.2 Å². The molecule has 0 radical (unpaired) electrons. The minimum atomic E-state index is -1.07. The summed E-state index contributed by atoms with van der Waals surface area (Å²) in [4.78, 5) is 36.3. The summed E-state index contributed by atoms with van der Waals surface area (Å²) in [7, 11) is 0. The average molecular weight is 411 g/mol. The zero-order valence-electron chi connectivity index (χ0n) is 16.8. The molecule has 7 heteroatoms. The Balaban J connectivity index is 1.98. The third-order valence-electron chi connectivity index (χ3n) is 3.95. The van der Waals surface area contributed by atoms with E-state index in [9.17, 15) is 14.4 Å². The number of carbonyl (C=O) groups is 3. The molecule has 1 amide bonds. The average Bonchev–Trinajstić information content (AvgIpc) is 2.76. The van der Waals surface area contributed by atoms with Gasteiger partial charge < -0.3 is 19.5 Å². The first-order valence-electron chi connectivity index (χ1n) is 9.55. The molecule has 0 heterocycles. The molecule has 0 bridgehead atoms. The molecule has 2 rings (SSSR count). The van der Waals surface area contributed by atoms with Crippen LogP contribution in [0.3, 0.4) is 0 Å². The number of hydrogen-bond acceptors (Lipinski definition) is 6. The molecule has 0 spiro atoms. The third-order valence-corrected chi connectivity index (χ3v) is 3.95. The largest absolute Gasteiger partial charge is 0.480 e. The topological polar surface area (TPSA) is 90.9 Å². The van der Waals surface area contributed by atoms with Crippen LogP contribution in [-0.2, 0) is 25.7 Å². The second-order valence-corrected chi connectivity index (χ2v) is 6.24. The lowest BCUT2D eigenvalue weighted by atomic mass is 10.2. The van der Waals surface area contributed by atoms with E-state index in [0.29, 0.717) is 11.3 Å². The molecule has 158 valence electrons. The number of esters is 2. The Hall–Kier alpha value is -3.61. The molecule has 0 aliphatic carbocycles. The first kappa shape index (κ1) is 22.7. The standard InChI is InChI=1S/C23H25NO6/c1-3-14-24-22(26)20(15-21(25)28-4-2)30-19-12-10-18(11-13-19)23(27)29-16-17-8-6-5-7-9-17/h3,5-13,20H,1,4,14-16H2,2H3,(H,24,26). The van der Waals surface area contributed by atoms with Gasteiger partial charge in [0.2, 0.25) is 0 Å². The maximum atomic E-state index is 12.3. The van der Waals surface area contributed by atoms with Crippen LogP contribution in [0, 0.1) is 0 Å². The minimum absolute atomic E-state index is 0.170. The molecule has 1 N–H and O–H groups in total. The van der Waals surface area contributed by atoms with E-state index in [2.05, 4.69) is 11.9 Å². The normalized spacial score (nSPS) is 11.1. The van der Waals surface area contributed by atoms with Crippen LogP contribution in [0.5, 0.6) is 5.75 Å². The molecular formula is C23H25NO6. The van der Waals surface area contributed by atoms with Crippen molar-refractivity contribution in [3.05, 3.63) is 78.4 Å². The first-order valence-corrected chi connectivity index (χ1v) is 9.55. The van der Waals surface area contributed by atoms with Crippen molar-refractivity contribution in [1.82, 2.24) is 5.32 Å². The molecule has 2 aromatic carbocycles. The second kappa shape index (κ2) is 12.1. The second-order valence-electron chi connectivity index (χ2n) is 6.24. The molecule has 1 unspecified atom stereocenters. The van der Waals surface area contributed by atoms with Gasteiger partial charge in [0.05, 0.1) is 18.6 Å². The van der Waals surface area contributed by atoms with Crippen molar-refractivity contribution < 1.29 is 28.6 Å². The highest BCUT2D eigenvalue weighted by Crippen LogP contribution is 2.17. The van der Waals surface area contributed by atoms with Gasteiger partial charge in [-0.2, -0.15) is 0 Å². The molecule has 0 saturated heterocycles. The lowest BCUT2D eigenvalue weighted by molar-refractivity contribution is -0.147. The lowest BCUT2D eigenvalue weighted by Gasteiger charge is -2.18. The fraction of sp³-hybridized carbons (Fsp3) is 0.261. The predicted octanol–water partition coefficient (Wildman–Crippen LogP) is 3.05. The van der Waals surface area contributed by atoms with Gasteiger partial charge in [-0.15, -0.1) is 6.58 Å². The molecular weight excluding hydrogens is 386 g/mol. The summed E-state index contributed by atoms with van der Waals surface area (Å²) in [6.45, 7) is 5.84. The van der Waals surface area contributed by atoms with Crippen molar-refractivity contribution in [1.29, 1.82) is 0 Å². The van der Waals surface area contributed by atoms with Crippen molar-refractivity contribution in [2.24, 2.45) is 0 Å². The molecule has 0 saturated carbocycles. The van der Waals surface area contributed by atoms with Crippen molar-refractivity contribution >= 4 is 17.8 Å². The summed E-state index contributed by atoms with van der Waals surface area (Å²) < 4.78 is 15.8.